The molecule has 0 radical (unpaired) electrons. The highest BCUT2D eigenvalue weighted by molar-refractivity contribution is 7.99. The number of carbonyl (C=O) groups is 1. The van der Waals surface area contributed by atoms with Crippen LogP contribution in [0.3, 0.4) is 0 Å². The fraction of sp³-hybridized carbons (Fsp3) is 0.500. The van der Waals surface area contributed by atoms with Crippen LogP contribution in [0.15, 0.2) is 111 Å². The average molecular weight is 986 g/mol. The lowest BCUT2D eigenvalue weighted by Gasteiger charge is -2.39. The van der Waals surface area contributed by atoms with E-state index >= 15 is 0 Å². The number of allylic oxidation sites excluding steroid dienone is 2. The highest BCUT2D eigenvalue weighted by Crippen LogP contribution is 2.42. The van der Waals surface area contributed by atoms with Crippen molar-refractivity contribution in [1.82, 2.24) is 14.5 Å². The van der Waals surface area contributed by atoms with Crippen LogP contribution in [0.2, 0.25) is 0 Å². The SMILES string of the molecule is C=C(CCC1=C(CN2CCN(c3ccc(C(=O)NS(=O)(=O)c4ccc(N[C@H](CCN5CCOCC5)CSc5ccccc5)c(S(=O)(=O)C(F)(F)F)c4)cc3)CC2)CCC(C)(C)C1)C(F)(F)F. The van der Waals surface area contributed by atoms with E-state index in [0.29, 0.717) is 90.2 Å². The summed E-state index contributed by atoms with van der Waals surface area (Å²) in [5, 5.41) is 2.97. The van der Waals surface area contributed by atoms with Crippen LogP contribution in [-0.2, 0) is 24.6 Å². The maximum Gasteiger partial charge on any atom is 0.501 e. The first kappa shape index (κ1) is 51.3. The summed E-state index contributed by atoms with van der Waals surface area (Å²) in [6.45, 7) is 13.7. The molecule has 20 heteroatoms. The van der Waals surface area contributed by atoms with E-state index in [0.717, 1.165) is 47.6 Å². The van der Waals surface area contributed by atoms with Crippen LogP contribution in [0.4, 0.5) is 37.7 Å². The number of sulfonamides is 1. The lowest BCUT2D eigenvalue weighted by molar-refractivity contribution is -0.0935. The smallest absolute Gasteiger partial charge is 0.380 e. The molecule has 0 bridgehead atoms. The fourth-order valence-corrected chi connectivity index (χ4v) is 11.3. The normalized spacial score (nSPS) is 18.5. The van der Waals surface area contributed by atoms with Gasteiger partial charge in [-0.25, -0.2) is 21.6 Å². The second-order valence-corrected chi connectivity index (χ2v) is 22.4. The molecular formula is C46H57F6N5O6S3. The van der Waals surface area contributed by atoms with Crippen LogP contribution in [0.1, 0.15) is 62.7 Å². The number of benzene rings is 3. The molecule has 2 heterocycles. The number of thioether (sulfide) groups is 1. The third kappa shape index (κ3) is 13.8. The van der Waals surface area contributed by atoms with Gasteiger partial charge in [0, 0.05) is 85.9 Å². The number of sulfone groups is 1. The van der Waals surface area contributed by atoms with Crippen molar-refractivity contribution in [3.05, 3.63) is 102 Å². The predicted octanol–water partition coefficient (Wildman–Crippen LogP) is 8.92. The number of ether oxygens (including phenoxy) is 1. The number of hydrogen-bond donors (Lipinski definition) is 2. The first-order valence-corrected chi connectivity index (χ1v) is 25.8. The van der Waals surface area contributed by atoms with Crippen molar-refractivity contribution in [2.75, 3.05) is 81.5 Å². The molecule has 3 aromatic carbocycles. The van der Waals surface area contributed by atoms with Gasteiger partial charge in [0.05, 0.1) is 23.8 Å². The number of rotatable bonds is 18. The molecule has 0 unspecified atom stereocenters. The Morgan fingerprint density at radius 3 is 2.17 bits per heavy atom. The Morgan fingerprint density at radius 2 is 1.53 bits per heavy atom. The van der Waals surface area contributed by atoms with Crippen molar-refractivity contribution >= 4 is 48.9 Å². The molecule has 362 valence electrons. The summed E-state index contributed by atoms with van der Waals surface area (Å²) >= 11 is 1.43. The van der Waals surface area contributed by atoms with E-state index in [-0.39, 0.29) is 17.4 Å². The zero-order valence-corrected chi connectivity index (χ0v) is 39.5. The van der Waals surface area contributed by atoms with E-state index in [1.165, 1.54) is 29.5 Å². The highest BCUT2D eigenvalue weighted by Gasteiger charge is 2.48. The Kier molecular flexibility index (Phi) is 16.7. The number of anilines is 2. The minimum absolute atomic E-state index is 0.00706. The van der Waals surface area contributed by atoms with E-state index in [4.69, 9.17) is 4.74 Å². The van der Waals surface area contributed by atoms with Crippen LogP contribution in [0.25, 0.3) is 0 Å². The topological polar surface area (TPSA) is 128 Å². The molecule has 0 aromatic heterocycles. The molecule has 0 saturated carbocycles. The highest BCUT2D eigenvalue weighted by atomic mass is 32.2. The first-order chi connectivity index (χ1) is 31.0. The molecule has 2 saturated heterocycles. The van der Waals surface area contributed by atoms with Gasteiger partial charge in [0.2, 0.25) is 0 Å². The molecule has 11 nitrogen and oxygen atoms in total. The average Bonchev–Trinajstić information content (AvgIpc) is 3.27. The van der Waals surface area contributed by atoms with E-state index in [2.05, 4.69) is 40.4 Å². The number of nitrogens with one attached hydrogen (secondary N) is 2. The van der Waals surface area contributed by atoms with E-state index in [1.807, 2.05) is 35.1 Å². The maximum absolute atomic E-state index is 14.2. The second-order valence-electron chi connectivity index (χ2n) is 17.7. The summed E-state index contributed by atoms with van der Waals surface area (Å²) in [6.07, 6.45) is -1.28. The monoisotopic (exact) mass is 985 g/mol. The van der Waals surface area contributed by atoms with Crippen molar-refractivity contribution in [3.63, 3.8) is 0 Å². The summed E-state index contributed by atoms with van der Waals surface area (Å²) in [4.78, 5) is 18.6. The second kappa shape index (κ2) is 21.5. The van der Waals surface area contributed by atoms with Gasteiger partial charge in [-0.1, -0.05) is 49.8 Å². The van der Waals surface area contributed by atoms with Gasteiger partial charge in [-0.15, -0.1) is 11.8 Å². The molecule has 3 aromatic rings. The molecule has 0 spiro atoms. The summed E-state index contributed by atoms with van der Waals surface area (Å²) in [7, 11) is -11.0. The van der Waals surface area contributed by atoms with Gasteiger partial charge in [-0.2, -0.15) is 26.3 Å². The van der Waals surface area contributed by atoms with Crippen molar-refractivity contribution in [2.24, 2.45) is 5.41 Å². The lowest BCUT2D eigenvalue weighted by Crippen LogP contribution is -2.47. The number of carbonyl (C=O) groups excluding carboxylic acids is 1. The molecule has 1 atom stereocenters. The third-order valence-corrected chi connectivity index (χ3v) is 16.3. The van der Waals surface area contributed by atoms with Crippen LogP contribution in [0.5, 0.6) is 0 Å². The summed E-state index contributed by atoms with van der Waals surface area (Å²) in [5.74, 6) is -0.729. The van der Waals surface area contributed by atoms with Gasteiger partial charge in [0.1, 0.15) is 4.90 Å². The van der Waals surface area contributed by atoms with Gasteiger partial charge < -0.3 is 15.0 Å². The number of piperazine rings is 1. The maximum atomic E-state index is 14.2. The Hall–Kier alpha value is -4.08. The Labute approximate surface area is 388 Å². The van der Waals surface area contributed by atoms with Crippen LogP contribution in [-0.4, -0.2) is 122 Å². The van der Waals surface area contributed by atoms with Gasteiger partial charge in [-0.3, -0.25) is 14.6 Å². The largest absolute Gasteiger partial charge is 0.501 e. The van der Waals surface area contributed by atoms with Crippen molar-refractivity contribution in [2.45, 2.75) is 84.8 Å². The number of nitrogens with zero attached hydrogens (tertiary/aromatic N) is 3. The molecule has 6 rings (SSSR count). The third-order valence-electron chi connectivity index (χ3n) is 12.2. The number of hydrogen-bond acceptors (Lipinski definition) is 11. The minimum atomic E-state index is -6.08. The summed E-state index contributed by atoms with van der Waals surface area (Å²) < 4.78 is 142. The number of halogens is 6. The Bertz CT molecular complexity index is 2420. The lowest BCUT2D eigenvalue weighted by atomic mass is 9.73. The molecule has 3 aliphatic rings. The molecule has 66 heavy (non-hydrogen) atoms. The van der Waals surface area contributed by atoms with Gasteiger partial charge >= 0.3 is 11.7 Å². The van der Waals surface area contributed by atoms with Crippen molar-refractivity contribution < 1.29 is 52.7 Å². The van der Waals surface area contributed by atoms with Gasteiger partial charge in [0.15, 0.2) is 0 Å². The summed E-state index contributed by atoms with van der Waals surface area (Å²) in [5.41, 5.74) is -3.95. The van der Waals surface area contributed by atoms with Gasteiger partial charge in [0.25, 0.3) is 25.8 Å². The Balaban J connectivity index is 1.11. The molecule has 1 amide bonds. The van der Waals surface area contributed by atoms with Crippen LogP contribution in [0, 0.1) is 5.41 Å². The molecular weight excluding hydrogens is 929 g/mol. The number of alkyl halides is 6. The van der Waals surface area contributed by atoms with Crippen molar-refractivity contribution in [1.29, 1.82) is 0 Å². The van der Waals surface area contributed by atoms with E-state index in [9.17, 15) is 48.0 Å². The van der Waals surface area contributed by atoms with Crippen LogP contribution >= 0.6 is 11.8 Å². The van der Waals surface area contributed by atoms with Gasteiger partial charge in [-0.05, 0) is 98.5 Å². The number of morpholine rings is 1. The van der Waals surface area contributed by atoms with E-state index in [1.54, 1.807) is 12.1 Å². The number of amides is 1. The molecule has 2 aliphatic heterocycles. The minimum Gasteiger partial charge on any atom is -0.380 e. The first-order valence-electron chi connectivity index (χ1n) is 21.8. The molecule has 2 fully saturated rings. The zero-order chi connectivity index (χ0) is 47.9. The van der Waals surface area contributed by atoms with E-state index < -0.39 is 64.5 Å². The Morgan fingerprint density at radius 1 is 0.864 bits per heavy atom. The predicted molar refractivity (Wildman–Crippen MR) is 245 cm³/mol. The molecule has 2 N–H and O–H groups in total. The molecule has 1 aliphatic carbocycles. The van der Waals surface area contributed by atoms with Crippen molar-refractivity contribution in [3.8, 4) is 0 Å². The van der Waals surface area contributed by atoms with Crippen LogP contribution < -0.4 is 14.9 Å². The standard InChI is InChI=1S/C46H57F6N5O6S3/c1-33(45(47,48)49)9-10-35-30-44(2,3)19-17-36(35)31-56-21-23-57(24-22-56)38-13-11-34(12-14-38)43(58)54-66(61,62)40-15-16-41(42(29-40)65(59,60)46(50,51)52)53-37(18-20-55-25-27-63-28-26-55)32-64-39-7-5-4-6-8-39/h4-8,11-16,29,37,53H,1,9-10,17-28,30-32H2,2-3H3,(H,54,58)/t37-/m1/s1. The quantitative estimate of drug-likeness (QED) is 0.0721. The summed E-state index contributed by atoms with van der Waals surface area (Å²) in [6, 6.07) is 17.2. The zero-order valence-electron chi connectivity index (χ0n) is 37.0. The fourth-order valence-electron chi connectivity index (χ4n) is 8.28.